The lowest BCUT2D eigenvalue weighted by Gasteiger charge is -2.27. The first-order valence-electron chi connectivity index (χ1n) is 11.6. The summed E-state index contributed by atoms with van der Waals surface area (Å²) in [5, 5.41) is 21.8. The molecule has 0 aliphatic carbocycles. The summed E-state index contributed by atoms with van der Waals surface area (Å²) in [6, 6.07) is 11.1. The van der Waals surface area contributed by atoms with E-state index in [0.29, 0.717) is 16.0 Å². The highest BCUT2D eigenvalue weighted by Crippen LogP contribution is 2.45. The van der Waals surface area contributed by atoms with Crippen molar-refractivity contribution in [1.82, 2.24) is 0 Å². The largest absolute Gasteiger partial charge is 0.504 e. The molecular weight excluding hydrogens is 552 g/mol. The molecule has 0 spiro atoms. The molecule has 1 aliphatic rings. The molecule has 2 heterocycles. The van der Waals surface area contributed by atoms with Gasteiger partial charge in [0.15, 0.2) is 34.4 Å². The molecule has 1 aliphatic heterocycles. The molecule has 3 aromatic carbocycles. The maximum atomic E-state index is 14.0. The molecule has 4 aromatic rings. The van der Waals surface area contributed by atoms with E-state index in [4.69, 9.17) is 37.1 Å². The summed E-state index contributed by atoms with van der Waals surface area (Å²) in [6.07, 6.45) is 0. The van der Waals surface area contributed by atoms with Gasteiger partial charge in [0.05, 0.1) is 30.4 Å². The first-order chi connectivity index (χ1) is 18.6. The third kappa shape index (κ3) is 4.53. The lowest BCUT2D eigenvalue weighted by Crippen LogP contribution is -2.31. The third-order valence-corrected chi connectivity index (χ3v) is 6.73. The molecule has 0 bridgehead atoms. The zero-order valence-electron chi connectivity index (χ0n) is 20.5. The van der Waals surface area contributed by atoms with Crippen molar-refractivity contribution < 1.29 is 38.1 Å². The molecule has 0 saturated carbocycles. The van der Waals surface area contributed by atoms with Gasteiger partial charge >= 0.3 is 0 Å². The van der Waals surface area contributed by atoms with E-state index in [2.05, 4.69) is 0 Å². The molecule has 1 unspecified atom stereocenters. The number of furan rings is 1. The van der Waals surface area contributed by atoms with Gasteiger partial charge in [0.25, 0.3) is 5.91 Å². The predicted molar refractivity (Wildman–Crippen MR) is 143 cm³/mol. The smallest absolute Gasteiger partial charge is 0.294 e. The highest BCUT2D eigenvalue weighted by molar-refractivity contribution is 6.32. The Morgan fingerprint density at radius 1 is 1.08 bits per heavy atom. The van der Waals surface area contributed by atoms with Crippen LogP contribution < -0.4 is 14.4 Å². The number of aliphatic hydroxyl groups excluding tert-OH is 1. The predicted octanol–water partition coefficient (Wildman–Crippen LogP) is 6.77. The van der Waals surface area contributed by atoms with Crippen LogP contribution in [0, 0.1) is 5.82 Å². The highest BCUT2D eigenvalue weighted by atomic mass is 35.5. The summed E-state index contributed by atoms with van der Waals surface area (Å²) >= 11 is 12.1. The Kier molecular flexibility index (Phi) is 6.88. The molecule has 11 heteroatoms. The summed E-state index contributed by atoms with van der Waals surface area (Å²) in [4.78, 5) is 28.4. The number of carbonyl (C=O) groups excluding carboxylic acids is 2. The number of nitrogens with zero attached hydrogens (tertiary/aromatic N) is 1. The number of amides is 1. The topological polar surface area (TPSA) is 109 Å². The summed E-state index contributed by atoms with van der Waals surface area (Å²) in [5.41, 5.74) is 0.374. The number of phenolic OH excluding ortho intramolecular Hbond substituents is 1. The maximum Gasteiger partial charge on any atom is 0.294 e. The van der Waals surface area contributed by atoms with Crippen molar-refractivity contribution in [2.75, 3.05) is 18.6 Å². The fourth-order valence-corrected chi connectivity index (χ4v) is 4.90. The molecule has 39 heavy (non-hydrogen) atoms. The van der Waals surface area contributed by atoms with Crippen LogP contribution in [0.2, 0.25) is 10.0 Å². The van der Waals surface area contributed by atoms with Crippen LogP contribution in [-0.4, -0.2) is 35.6 Å². The molecule has 8 nitrogen and oxygen atoms in total. The number of benzene rings is 3. The van der Waals surface area contributed by atoms with E-state index < -0.39 is 29.3 Å². The number of aliphatic hydroxyl groups is 1. The minimum Gasteiger partial charge on any atom is -0.504 e. The normalized spacial score (nSPS) is 15.4. The molecule has 1 atom stereocenters. The first-order valence-corrected chi connectivity index (χ1v) is 12.4. The number of hydrogen-bond acceptors (Lipinski definition) is 7. The SMILES string of the molecule is CCOc1cc(C2C(C(=O)c3cc4cc(Cl)cc(OC)c4o3)=C(O)C(=O)N2c2ccc(F)c(Cl)c2)ccc1O. The fraction of sp³-hybridized carbons (Fsp3) is 0.143. The zero-order valence-corrected chi connectivity index (χ0v) is 22.0. The molecule has 2 N–H and O–H groups in total. The average Bonchev–Trinajstić information content (AvgIpc) is 3.45. The van der Waals surface area contributed by atoms with Crippen molar-refractivity contribution >= 4 is 51.5 Å². The summed E-state index contributed by atoms with van der Waals surface area (Å²) in [6.45, 7) is 1.95. The van der Waals surface area contributed by atoms with Crippen molar-refractivity contribution in [1.29, 1.82) is 0 Å². The van der Waals surface area contributed by atoms with Crippen LogP contribution in [0.5, 0.6) is 17.2 Å². The standard InChI is InChI=1S/C28H20Cl2FNO7/c1-3-38-20-9-13(4-7-19(20)33)24-23(26(35)28(36)32(24)16-5-6-18(31)17(30)12-16)25(34)21-10-14-8-15(29)11-22(37-2)27(14)39-21/h4-12,24,33,35H,3H2,1-2H3. The van der Waals surface area contributed by atoms with Gasteiger partial charge in [0, 0.05) is 22.2 Å². The summed E-state index contributed by atoms with van der Waals surface area (Å²) < 4.78 is 30.5. The number of halogens is 3. The number of phenols is 1. The number of fused-ring (bicyclic) bond motifs is 1. The van der Waals surface area contributed by atoms with Crippen molar-refractivity contribution in [3.63, 3.8) is 0 Å². The minimum absolute atomic E-state index is 0.0980. The van der Waals surface area contributed by atoms with Crippen LogP contribution >= 0.6 is 23.2 Å². The van der Waals surface area contributed by atoms with E-state index in [-0.39, 0.29) is 51.5 Å². The lowest BCUT2D eigenvalue weighted by atomic mass is 9.94. The molecule has 0 fully saturated rings. The Hall–Kier alpha value is -4.21. The van der Waals surface area contributed by atoms with Gasteiger partial charge in [0.1, 0.15) is 5.82 Å². The number of Topliss-reactive ketones (excluding diaryl/α,β-unsaturated/α-hetero) is 1. The molecule has 1 amide bonds. The van der Waals surface area contributed by atoms with E-state index in [1.807, 2.05) is 0 Å². The summed E-state index contributed by atoms with van der Waals surface area (Å²) in [5.74, 6) is -3.22. The van der Waals surface area contributed by atoms with E-state index in [1.54, 1.807) is 13.0 Å². The van der Waals surface area contributed by atoms with Crippen molar-refractivity contribution in [3.8, 4) is 17.2 Å². The van der Waals surface area contributed by atoms with E-state index >= 15 is 0 Å². The molecule has 1 aromatic heterocycles. The van der Waals surface area contributed by atoms with Crippen LogP contribution in [0.1, 0.15) is 29.1 Å². The second-order valence-corrected chi connectivity index (χ2v) is 9.41. The van der Waals surface area contributed by atoms with Gasteiger partial charge < -0.3 is 24.1 Å². The second kappa shape index (κ2) is 10.2. The zero-order chi connectivity index (χ0) is 28.0. The van der Waals surface area contributed by atoms with Crippen molar-refractivity contribution in [2.24, 2.45) is 0 Å². The van der Waals surface area contributed by atoms with E-state index in [0.717, 1.165) is 11.0 Å². The van der Waals surface area contributed by atoms with Crippen LogP contribution in [0.25, 0.3) is 11.0 Å². The Morgan fingerprint density at radius 2 is 1.85 bits per heavy atom. The number of hydrogen-bond donors (Lipinski definition) is 2. The van der Waals surface area contributed by atoms with Gasteiger partial charge in [-0.3, -0.25) is 14.5 Å². The minimum atomic E-state index is -1.22. The van der Waals surface area contributed by atoms with Gasteiger partial charge in [-0.2, -0.15) is 0 Å². The molecule has 200 valence electrons. The maximum absolute atomic E-state index is 14.0. The van der Waals surface area contributed by atoms with Crippen LogP contribution in [0.3, 0.4) is 0 Å². The van der Waals surface area contributed by atoms with Crippen molar-refractivity contribution in [3.05, 3.63) is 93.1 Å². The van der Waals surface area contributed by atoms with Gasteiger partial charge in [-0.15, -0.1) is 0 Å². The third-order valence-electron chi connectivity index (χ3n) is 6.22. The quantitative estimate of drug-likeness (QED) is 0.235. The Labute approximate surface area is 231 Å². The number of methoxy groups -OCH3 is 1. The number of ketones is 1. The molecule has 5 rings (SSSR count). The average molecular weight is 572 g/mol. The Morgan fingerprint density at radius 3 is 2.54 bits per heavy atom. The van der Waals surface area contributed by atoms with Crippen molar-refractivity contribution in [2.45, 2.75) is 13.0 Å². The van der Waals surface area contributed by atoms with Crippen LogP contribution in [0.4, 0.5) is 10.1 Å². The van der Waals surface area contributed by atoms with Gasteiger partial charge in [-0.25, -0.2) is 4.39 Å². The van der Waals surface area contributed by atoms with Crippen LogP contribution in [-0.2, 0) is 4.79 Å². The molecule has 0 radical (unpaired) electrons. The number of anilines is 1. The number of ether oxygens (including phenoxy) is 2. The summed E-state index contributed by atoms with van der Waals surface area (Å²) in [7, 11) is 1.42. The molecule has 0 saturated heterocycles. The van der Waals surface area contributed by atoms with Gasteiger partial charge in [-0.1, -0.05) is 29.3 Å². The Balaban J connectivity index is 1.69. The number of aromatic hydroxyl groups is 1. The monoisotopic (exact) mass is 571 g/mol. The van der Waals surface area contributed by atoms with E-state index in [1.165, 1.54) is 49.6 Å². The Bertz CT molecular complexity index is 1680. The number of carbonyl (C=O) groups is 2. The van der Waals surface area contributed by atoms with Gasteiger partial charge in [-0.05, 0) is 55.0 Å². The lowest BCUT2D eigenvalue weighted by molar-refractivity contribution is -0.117. The fourth-order valence-electron chi connectivity index (χ4n) is 4.51. The number of rotatable bonds is 7. The van der Waals surface area contributed by atoms with E-state index in [9.17, 15) is 24.2 Å². The second-order valence-electron chi connectivity index (χ2n) is 8.56. The highest BCUT2D eigenvalue weighted by Gasteiger charge is 2.46. The molecular formula is C28H20Cl2FNO7. The van der Waals surface area contributed by atoms with Crippen LogP contribution in [0.15, 0.2) is 70.3 Å². The van der Waals surface area contributed by atoms with Gasteiger partial charge in [0.2, 0.25) is 5.78 Å². The first kappa shape index (κ1) is 26.4.